The van der Waals surface area contributed by atoms with Gasteiger partial charge in [-0.25, -0.2) is 0 Å². The highest BCUT2D eigenvalue weighted by atomic mass is 35.5. The van der Waals surface area contributed by atoms with Crippen molar-refractivity contribution >= 4 is 11.6 Å². The molecule has 0 radical (unpaired) electrons. The normalized spacial score (nSPS) is 13.1. The van der Waals surface area contributed by atoms with Crippen molar-refractivity contribution < 1.29 is 4.74 Å². The van der Waals surface area contributed by atoms with E-state index in [1.165, 1.54) is 0 Å². The van der Waals surface area contributed by atoms with Crippen LogP contribution in [0.15, 0.2) is 18.2 Å². The summed E-state index contributed by atoms with van der Waals surface area (Å²) >= 11 is 6.20. The number of benzene rings is 1. The van der Waals surface area contributed by atoms with E-state index in [0.29, 0.717) is 18.4 Å². The number of halogens is 1. The lowest BCUT2D eigenvalue weighted by atomic mass is 9.97. The Bertz CT molecular complexity index is 377. The molecule has 1 aromatic rings. The topological polar surface area (TPSA) is 35.2 Å². The number of hydrogen-bond donors (Lipinski definition) is 1. The number of rotatable bonds is 6. The van der Waals surface area contributed by atoms with E-state index in [-0.39, 0.29) is 6.04 Å². The Labute approximate surface area is 115 Å². The Morgan fingerprint density at radius 2 is 1.83 bits per heavy atom. The molecule has 0 aromatic heterocycles. The highest BCUT2D eigenvalue weighted by molar-refractivity contribution is 6.31. The van der Waals surface area contributed by atoms with Gasteiger partial charge in [0.15, 0.2) is 0 Å². The first-order chi connectivity index (χ1) is 8.40. The van der Waals surface area contributed by atoms with E-state index in [0.717, 1.165) is 22.8 Å². The highest BCUT2D eigenvalue weighted by Crippen LogP contribution is 2.29. The van der Waals surface area contributed by atoms with E-state index in [2.05, 4.69) is 27.7 Å². The average Bonchev–Trinajstić information content (AvgIpc) is 2.26. The monoisotopic (exact) mass is 269 g/mol. The number of hydrogen-bond acceptors (Lipinski definition) is 2. The number of nitrogens with two attached hydrogens (primary N) is 1. The largest absolute Gasteiger partial charge is 0.493 e. The van der Waals surface area contributed by atoms with Crippen molar-refractivity contribution in [3.8, 4) is 5.75 Å². The first-order valence-corrected chi connectivity index (χ1v) is 6.95. The van der Waals surface area contributed by atoms with Gasteiger partial charge in [0.25, 0.3) is 0 Å². The van der Waals surface area contributed by atoms with Crippen LogP contribution in [0.4, 0.5) is 0 Å². The Morgan fingerprint density at radius 3 is 2.39 bits per heavy atom. The molecule has 3 heteroatoms. The molecule has 18 heavy (non-hydrogen) atoms. The Balaban J connectivity index is 2.80. The van der Waals surface area contributed by atoms with Crippen LogP contribution in [-0.2, 0) is 0 Å². The summed E-state index contributed by atoms with van der Waals surface area (Å²) in [5.74, 6) is 1.91. The molecular formula is C15H24ClNO. The predicted molar refractivity (Wildman–Crippen MR) is 78.2 cm³/mol. The summed E-state index contributed by atoms with van der Waals surface area (Å²) in [7, 11) is 0. The van der Waals surface area contributed by atoms with Gasteiger partial charge in [0, 0.05) is 11.1 Å². The maximum absolute atomic E-state index is 6.20. The van der Waals surface area contributed by atoms with Gasteiger partial charge in [-0.2, -0.15) is 0 Å². The zero-order chi connectivity index (χ0) is 13.7. The van der Waals surface area contributed by atoms with E-state index in [1.807, 2.05) is 18.2 Å². The lowest BCUT2D eigenvalue weighted by Gasteiger charge is -2.17. The quantitative estimate of drug-likeness (QED) is 0.830. The molecule has 1 atom stereocenters. The molecule has 0 saturated heterocycles. The van der Waals surface area contributed by atoms with Gasteiger partial charge in [-0.1, -0.05) is 39.3 Å². The van der Waals surface area contributed by atoms with Crippen LogP contribution in [0, 0.1) is 11.8 Å². The SMILES string of the molecule is CC(C)COc1ccc(Cl)c(C(N)CC(C)C)c1. The van der Waals surface area contributed by atoms with Crippen molar-refractivity contribution in [2.24, 2.45) is 17.6 Å². The van der Waals surface area contributed by atoms with Gasteiger partial charge in [-0.05, 0) is 42.0 Å². The fraction of sp³-hybridized carbons (Fsp3) is 0.600. The van der Waals surface area contributed by atoms with Crippen LogP contribution in [0.2, 0.25) is 5.02 Å². The van der Waals surface area contributed by atoms with E-state index in [9.17, 15) is 0 Å². The fourth-order valence-corrected chi connectivity index (χ4v) is 2.05. The van der Waals surface area contributed by atoms with Crippen LogP contribution < -0.4 is 10.5 Å². The van der Waals surface area contributed by atoms with Crippen LogP contribution in [0.5, 0.6) is 5.75 Å². The summed E-state index contributed by atoms with van der Waals surface area (Å²) < 4.78 is 5.70. The van der Waals surface area contributed by atoms with E-state index in [4.69, 9.17) is 22.1 Å². The third kappa shape index (κ3) is 4.87. The van der Waals surface area contributed by atoms with Crippen molar-refractivity contribution in [2.75, 3.05) is 6.61 Å². The molecule has 102 valence electrons. The first kappa shape index (κ1) is 15.3. The van der Waals surface area contributed by atoms with Crippen LogP contribution in [0.3, 0.4) is 0 Å². The third-order valence-electron chi connectivity index (χ3n) is 2.68. The summed E-state index contributed by atoms with van der Waals surface area (Å²) in [5.41, 5.74) is 7.16. The highest BCUT2D eigenvalue weighted by Gasteiger charge is 2.13. The van der Waals surface area contributed by atoms with Gasteiger partial charge in [-0.15, -0.1) is 0 Å². The Morgan fingerprint density at radius 1 is 1.17 bits per heavy atom. The van der Waals surface area contributed by atoms with E-state index >= 15 is 0 Å². The minimum Gasteiger partial charge on any atom is -0.493 e. The minimum absolute atomic E-state index is 0.0277. The zero-order valence-corrected chi connectivity index (χ0v) is 12.5. The van der Waals surface area contributed by atoms with E-state index in [1.54, 1.807) is 0 Å². The molecule has 0 heterocycles. The number of ether oxygens (including phenoxy) is 1. The van der Waals surface area contributed by atoms with Gasteiger partial charge in [0.1, 0.15) is 5.75 Å². The molecule has 0 spiro atoms. The van der Waals surface area contributed by atoms with Crippen molar-refractivity contribution in [2.45, 2.75) is 40.2 Å². The molecule has 1 aromatic carbocycles. The molecular weight excluding hydrogens is 246 g/mol. The van der Waals surface area contributed by atoms with Gasteiger partial charge in [0.05, 0.1) is 6.61 Å². The smallest absolute Gasteiger partial charge is 0.119 e. The standard InChI is InChI=1S/C15H24ClNO/c1-10(2)7-15(17)13-8-12(5-6-14(13)16)18-9-11(3)4/h5-6,8,10-11,15H,7,9,17H2,1-4H3. The molecule has 0 fully saturated rings. The molecule has 2 N–H and O–H groups in total. The maximum Gasteiger partial charge on any atom is 0.119 e. The van der Waals surface area contributed by atoms with Crippen molar-refractivity contribution in [1.82, 2.24) is 0 Å². The van der Waals surface area contributed by atoms with Crippen molar-refractivity contribution in [1.29, 1.82) is 0 Å². The van der Waals surface area contributed by atoms with Gasteiger partial charge < -0.3 is 10.5 Å². The van der Waals surface area contributed by atoms with Crippen LogP contribution in [0.25, 0.3) is 0 Å². The molecule has 0 bridgehead atoms. The summed E-state index contributed by atoms with van der Waals surface area (Å²) in [6.07, 6.45) is 0.924. The molecule has 1 rings (SSSR count). The van der Waals surface area contributed by atoms with Crippen molar-refractivity contribution in [3.05, 3.63) is 28.8 Å². The summed E-state index contributed by atoms with van der Waals surface area (Å²) in [5, 5.41) is 0.722. The molecule has 0 aliphatic rings. The molecule has 2 nitrogen and oxygen atoms in total. The first-order valence-electron chi connectivity index (χ1n) is 6.58. The predicted octanol–water partition coefficient (Wildman–Crippen LogP) is 4.42. The summed E-state index contributed by atoms with van der Waals surface area (Å²) in [4.78, 5) is 0. The Hall–Kier alpha value is -0.730. The summed E-state index contributed by atoms with van der Waals surface area (Å²) in [6.45, 7) is 9.28. The lowest BCUT2D eigenvalue weighted by Crippen LogP contribution is -2.14. The van der Waals surface area contributed by atoms with Gasteiger partial charge in [0.2, 0.25) is 0 Å². The molecule has 1 unspecified atom stereocenters. The second kappa shape index (κ2) is 7.01. The van der Waals surface area contributed by atoms with Crippen LogP contribution >= 0.6 is 11.6 Å². The molecule has 0 amide bonds. The lowest BCUT2D eigenvalue weighted by molar-refractivity contribution is 0.270. The minimum atomic E-state index is -0.0277. The molecule has 0 aliphatic heterocycles. The second-order valence-corrected chi connectivity index (χ2v) is 6.03. The van der Waals surface area contributed by atoms with Gasteiger partial charge in [-0.3, -0.25) is 0 Å². The molecule has 0 aliphatic carbocycles. The van der Waals surface area contributed by atoms with Crippen LogP contribution in [0.1, 0.15) is 45.7 Å². The zero-order valence-electron chi connectivity index (χ0n) is 11.7. The van der Waals surface area contributed by atoms with Gasteiger partial charge >= 0.3 is 0 Å². The summed E-state index contributed by atoms with van der Waals surface area (Å²) in [6, 6.07) is 5.71. The average molecular weight is 270 g/mol. The third-order valence-corrected chi connectivity index (χ3v) is 3.02. The fourth-order valence-electron chi connectivity index (χ4n) is 1.79. The van der Waals surface area contributed by atoms with Crippen molar-refractivity contribution in [3.63, 3.8) is 0 Å². The Kier molecular flexibility index (Phi) is 5.97. The maximum atomic E-state index is 6.20. The van der Waals surface area contributed by atoms with E-state index < -0.39 is 0 Å². The second-order valence-electron chi connectivity index (χ2n) is 5.62. The molecule has 0 saturated carbocycles. The van der Waals surface area contributed by atoms with Crippen LogP contribution in [-0.4, -0.2) is 6.61 Å².